The maximum Gasteiger partial charge on any atom is 0.341 e. The lowest BCUT2D eigenvalue weighted by Gasteiger charge is -2.16. The zero-order valence-electron chi connectivity index (χ0n) is 19.1. The summed E-state index contributed by atoms with van der Waals surface area (Å²) in [5, 5.41) is 7.46. The number of pyridine rings is 1. The number of rotatable bonds is 9. The predicted molar refractivity (Wildman–Crippen MR) is 129 cm³/mol. The van der Waals surface area contributed by atoms with Crippen LogP contribution in [-0.4, -0.2) is 54.4 Å². The third-order valence-corrected chi connectivity index (χ3v) is 5.56. The molecule has 0 saturated carbocycles. The van der Waals surface area contributed by atoms with E-state index in [1.165, 1.54) is 23.5 Å². The van der Waals surface area contributed by atoms with Crippen LogP contribution in [0.4, 0.5) is 15.2 Å². The molecule has 2 N–H and O–H groups in total. The summed E-state index contributed by atoms with van der Waals surface area (Å²) in [6.45, 7) is 3.56. The van der Waals surface area contributed by atoms with Gasteiger partial charge in [0.05, 0.1) is 19.7 Å². The highest BCUT2D eigenvalue weighted by atomic mass is 32.1. The molecule has 0 spiro atoms. The molecule has 34 heavy (non-hydrogen) atoms. The van der Waals surface area contributed by atoms with Crippen molar-refractivity contribution < 1.29 is 23.5 Å². The summed E-state index contributed by atoms with van der Waals surface area (Å²) in [6.07, 6.45) is 0. The number of esters is 1. The highest BCUT2D eigenvalue weighted by Gasteiger charge is 2.23. The van der Waals surface area contributed by atoms with E-state index in [9.17, 15) is 18.8 Å². The Morgan fingerprint density at radius 3 is 2.38 bits per heavy atom. The van der Waals surface area contributed by atoms with E-state index in [1.807, 2.05) is 13.0 Å². The second-order valence-corrected chi connectivity index (χ2v) is 8.39. The molecule has 10 heteroatoms. The van der Waals surface area contributed by atoms with Gasteiger partial charge < -0.3 is 15.4 Å². The number of likely N-dealkylation sites (N-methyl/N-ethyl adjacent to an activating group) is 1. The van der Waals surface area contributed by atoms with Crippen LogP contribution in [0, 0.1) is 12.7 Å². The average molecular weight is 485 g/mol. The normalized spacial score (nSPS) is 10.7. The lowest BCUT2D eigenvalue weighted by molar-refractivity contribution is -0.119. The van der Waals surface area contributed by atoms with Crippen molar-refractivity contribution in [2.75, 3.05) is 37.4 Å². The van der Waals surface area contributed by atoms with E-state index in [-0.39, 0.29) is 31.2 Å². The van der Waals surface area contributed by atoms with Gasteiger partial charge in [0, 0.05) is 16.6 Å². The summed E-state index contributed by atoms with van der Waals surface area (Å²) < 4.78 is 18.5. The van der Waals surface area contributed by atoms with Gasteiger partial charge in [-0.05, 0) is 50.7 Å². The highest BCUT2D eigenvalue weighted by Crippen LogP contribution is 2.36. The van der Waals surface area contributed by atoms with Crippen LogP contribution in [0.1, 0.15) is 23.0 Å². The minimum atomic E-state index is -0.586. The molecule has 0 radical (unpaired) electrons. The molecule has 0 fully saturated rings. The maximum absolute atomic E-state index is 13.3. The van der Waals surface area contributed by atoms with Crippen molar-refractivity contribution in [2.24, 2.45) is 0 Å². The largest absolute Gasteiger partial charge is 0.462 e. The Kier molecular flexibility index (Phi) is 8.44. The summed E-state index contributed by atoms with van der Waals surface area (Å²) in [5.74, 6) is -1.25. The second-order valence-electron chi connectivity index (χ2n) is 7.51. The van der Waals surface area contributed by atoms with Gasteiger partial charge >= 0.3 is 5.97 Å². The Morgan fingerprint density at radius 1 is 1.06 bits per heavy atom. The fraction of sp³-hybridized carbons (Fsp3) is 0.250. The molecule has 0 aliphatic rings. The van der Waals surface area contributed by atoms with Gasteiger partial charge in [0.2, 0.25) is 11.8 Å². The second kappa shape index (κ2) is 11.5. The Bertz CT molecular complexity index is 1180. The van der Waals surface area contributed by atoms with Gasteiger partial charge in [0.15, 0.2) is 0 Å². The van der Waals surface area contributed by atoms with E-state index in [4.69, 9.17) is 4.74 Å². The molecule has 0 saturated heterocycles. The molecule has 3 rings (SSSR count). The molecule has 8 nitrogen and oxygen atoms in total. The Balaban J connectivity index is 1.67. The molecule has 1 aromatic carbocycles. The number of nitrogens with zero attached hydrogens (tertiary/aromatic N) is 2. The summed E-state index contributed by atoms with van der Waals surface area (Å²) in [7, 11) is 1.63. The van der Waals surface area contributed by atoms with Crippen LogP contribution in [0.2, 0.25) is 0 Å². The molecule has 3 aromatic rings. The van der Waals surface area contributed by atoms with Crippen LogP contribution in [0.25, 0.3) is 11.1 Å². The van der Waals surface area contributed by atoms with Crippen molar-refractivity contribution in [2.45, 2.75) is 13.8 Å². The smallest absolute Gasteiger partial charge is 0.341 e. The topological polar surface area (TPSA) is 101 Å². The summed E-state index contributed by atoms with van der Waals surface area (Å²) in [5.41, 5.74) is 2.15. The van der Waals surface area contributed by atoms with Crippen molar-refractivity contribution >= 4 is 39.9 Å². The molecule has 178 valence electrons. The Labute approximate surface area is 200 Å². The Hall–Kier alpha value is -3.63. The van der Waals surface area contributed by atoms with Crippen LogP contribution in [-0.2, 0) is 14.3 Å². The number of carbonyl (C=O) groups is 3. The quantitative estimate of drug-likeness (QED) is 0.446. The lowest BCUT2D eigenvalue weighted by Crippen LogP contribution is -2.36. The van der Waals surface area contributed by atoms with Gasteiger partial charge in [-0.2, -0.15) is 0 Å². The van der Waals surface area contributed by atoms with Gasteiger partial charge in [-0.1, -0.05) is 18.2 Å². The van der Waals surface area contributed by atoms with Crippen molar-refractivity contribution in [3.05, 3.63) is 64.9 Å². The van der Waals surface area contributed by atoms with E-state index >= 15 is 0 Å². The van der Waals surface area contributed by atoms with Gasteiger partial charge in [-0.25, -0.2) is 14.2 Å². The molecule has 0 bridgehead atoms. The maximum atomic E-state index is 13.3. The fourth-order valence-corrected chi connectivity index (χ4v) is 4.18. The van der Waals surface area contributed by atoms with Crippen LogP contribution < -0.4 is 10.6 Å². The first-order valence-electron chi connectivity index (χ1n) is 10.5. The number of ether oxygens (including phenoxy) is 1. The number of nitrogens with one attached hydrogen (secondary N) is 2. The van der Waals surface area contributed by atoms with E-state index < -0.39 is 17.7 Å². The standard InChI is InChI=1S/C24H25FN4O4S/c1-4-33-24(32)22-18(16-8-10-17(25)11-9-16)14-34-23(22)28-21(31)13-29(3)12-20(30)27-19-7-5-6-15(2)26-19/h5-11,14H,4,12-13H2,1-3H3,(H,28,31)(H,26,27,30). The molecule has 0 aliphatic carbocycles. The van der Waals surface area contributed by atoms with Gasteiger partial charge in [-0.15, -0.1) is 11.3 Å². The molecule has 2 amide bonds. The number of hydrogen-bond donors (Lipinski definition) is 2. The number of anilines is 2. The van der Waals surface area contributed by atoms with Crippen LogP contribution >= 0.6 is 11.3 Å². The minimum absolute atomic E-state index is 0.0287. The highest BCUT2D eigenvalue weighted by molar-refractivity contribution is 7.15. The molecule has 2 aromatic heterocycles. The zero-order chi connectivity index (χ0) is 24.7. The van der Waals surface area contributed by atoms with Gasteiger partial charge in [0.1, 0.15) is 22.2 Å². The number of aryl methyl sites for hydroxylation is 1. The number of amides is 2. The monoisotopic (exact) mass is 484 g/mol. The van der Waals surface area contributed by atoms with Crippen LogP contribution in [0.15, 0.2) is 47.8 Å². The number of hydrogen-bond acceptors (Lipinski definition) is 7. The molecule has 2 heterocycles. The summed E-state index contributed by atoms with van der Waals surface area (Å²) in [4.78, 5) is 43.3. The van der Waals surface area contributed by atoms with Crippen LogP contribution in [0.3, 0.4) is 0 Å². The van der Waals surface area contributed by atoms with Gasteiger partial charge in [0.25, 0.3) is 0 Å². The van der Waals surface area contributed by atoms with Gasteiger partial charge in [-0.3, -0.25) is 14.5 Å². The number of carbonyl (C=O) groups excluding carboxylic acids is 3. The minimum Gasteiger partial charge on any atom is -0.462 e. The van der Waals surface area contributed by atoms with Crippen molar-refractivity contribution in [3.8, 4) is 11.1 Å². The van der Waals surface area contributed by atoms with Crippen molar-refractivity contribution in [1.82, 2.24) is 9.88 Å². The van der Waals surface area contributed by atoms with E-state index in [1.54, 1.807) is 48.5 Å². The number of benzene rings is 1. The number of halogens is 1. The van der Waals surface area contributed by atoms with Crippen molar-refractivity contribution in [3.63, 3.8) is 0 Å². The first kappa shape index (κ1) is 25.0. The van der Waals surface area contributed by atoms with Crippen LogP contribution in [0.5, 0.6) is 0 Å². The number of aromatic nitrogens is 1. The predicted octanol–water partition coefficient (Wildman–Crippen LogP) is 3.94. The molecule has 0 aliphatic heterocycles. The Morgan fingerprint density at radius 2 is 1.74 bits per heavy atom. The van der Waals surface area contributed by atoms with E-state index in [0.717, 1.165) is 5.69 Å². The van der Waals surface area contributed by atoms with Crippen molar-refractivity contribution in [1.29, 1.82) is 0 Å². The zero-order valence-corrected chi connectivity index (χ0v) is 19.9. The number of thiophene rings is 1. The molecule has 0 atom stereocenters. The average Bonchev–Trinajstić information content (AvgIpc) is 3.17. The summed E-state index contributed by atoms with van der Waals surface area (Å²) >= 11 is 1.17. The molecular weight excluding hydrogens is 459 g/mol. The fourth-order valence-electron chi connectivity index (χ4n) is 3.21. The lowest BCUT2D eigenvalue weighted by atomic mass is 10.0. The van der Waals surface area contributed by atoms with E-state index in [0.29, 0.717) is 21.9 Å². The van der Waals surface area contributed by atoms with E-state index in [2.05, 4.69) is 15.6 Å². The third-order valence-electron chi connectivity index (χ3n) is 4.66. The first-order chi connectivity index (χ1) is 16.3. The first-order valence-corrected chi connectivity index (χ1v) is 11.4. The summed E-state index contributed by atoms with van der Waals surface area (Å²) in [6, 6.07) is 11.0. The SMILES string of the molecule is CCOC(=O)c1c(-c2ccc(F)cc2)csc1NC(=O)CN(C)CC(=O)Nc1cccc(C)n1. The molecular formula is C24H25FN4O4S. The third kappa shape index (κ3) is 6.69. The molecule has 0 unspecified atom stereocenters.